The van der Waals surface area contributed by atoms with Gasteiger partial charge in [-0.15, -0.1) is 0 Å². The highest BCUT2D eigenvalue weighted by Crippen LogP contribution is 2.43. The van der Waals surface area contributed by atoms with Crippen LogP contribution in [0.4, 0.5) is 0 Å². The van der Waals surface area contributed by atoms with Crippen LogP contribution in [0, 0.1) is 0 Å². The van der Waals surface area contributed by atoms with Gasteiger partial charge in [0.15, 0.2) is 5.58 Å². The third kappa shape index (κ3) is 3.52. The second-order valence-electron chi connectivity index (χ2n) is 11.7. The minimum atomic E-state index is 0.877. The highest BCUT2D eigenvalue weighted by atomic mass is 16.3. The van der Waals surface area contributed by atoms with Crippen molar-refractivity contribution in [3.8, 4) is 27.9 Å². The highest BCUT2D eigenvalue weighted by Gasteiger charge is 2.21. The van der Waals surface area contributed by atoms with Gasteiger partial charge in [-0.25, -0.2) is 0 Å². The van der Waals surface area contributed by atoms with Crippen LogP contribution in [0.1, 0.15) is 0 Å². The first-order valence-electron chi connectivity index (χ1n) is 15.3. The number of furan rings is 2. The molecule has 0 spiro atoms. The number of nitrogens with zero attached hydrogens (tertiary/aromatic N) is 1. The van der Waals surface area contributed by atoms with E-state index in [4.69, 9.17) is 8.83 Å². The van der Waals surface area contributed by atoms with Gasteiger partial charge in [-0.1, -0.05) is 103 Å². The van der Waals surface area contributed by atoms with Gasteiger partial charge in [-0.3, -0.25) is 0 Å². The number of benzene rings is 7. The van der Waals surface area contributed by atoms with Crippen molar-refractivity contribution in [1.82, 2.24) is 4.57 Å². The Balaban J connectivity index is 1.30. The fraction of sp³-hybridized carbons (Fsp3) is 0. The molecule has 0 unspecified atom stereocenters. The van der Waals surface area contributed by atoms with E-state index >= 15 is 0 Å². The molecule has 3 nitrogen and oxygen atoms in total. The molecule has 7 aromatic carbocycles. The Labute approximate surface area is 258 Å². The van der Waals surface area contributed by atoms with Gasteiger partial charge in [0.25, 0.3) is 0 Å². The number of para-hydroxylation sites is 3. The van der Waals surface area contributed by atoms with E-state index in [0.717, 1.165) is 76.9 Å². The van der Waals surface area contributed by atoms with Crippen LogP contribution in [0.15, 0.2) is 160 Å². The summed E-state index contributed by atoms with van der Waals surface area (Å²) >= 11 is 0. The van der Waals surface area contributed by atoms with Crippen molar-refractivity contribution in [2.45, 2.75) is 0 Å². The van der Waals surface area contributed by atoms with Gasteiger partial charge in [0, 0.05) is 26.9 Å². The average Bonchev–Trinajstić information content (AvgIpc) is 3.78. The Morgan fingerprint density at radius 2 is 0.933 bits per heavy atom. The largest absolute Gasteiger partial charge is 0.455 e. The van der Waals surface area contributed by atoms with Crippen LogP contribution in [0.3, 0.4) is 0 Å². The lowest BCUT2D eigenvalue weighted by molar-refractivity contribution is 0.666. The zero-order valence-electron chi connectivity index (χ0n) is 24.2. The molecule has 10 aromatic rings. The van der Waals surface area contributed by atoms with Crippen LogP contribution in [0.5, 0.6) is 0 Å². The molecule has 3 heterocycles. The van der Waals surface area contributed by atoms with Crippen molar-refractivity contribution in [1.29, 1.82) is 0 Å². The molecule has 0 fully saturated rings. The molecule has 3 heteroatoms. The van der Waals surface area contributed by atoms with Gasteiger partial charge in [0.2, 0.25) is 0 Å². The Morgan fingerprint density at radius 1 is 0.356 bits per heavy atom. The van der Waals surface area contributed by atoms with Gasteiger partial charge in [-0.2, -0.15) is 0 Å². The van der Waals surface area contributed by atoms with Crippen molar-refractivity contribution >= 4 is 65.7 Å². The lowest BCUT2D eigenvalue weighted by Crippen LogP contribution is -1.94. The molecular formula is C42H25NO2. The van der Waals surface area contributed by atoms with Crippen molar-refractivity contribution in [3.05, 3.63) is 152 Å². The topological polar surface area (TPSA) is 31.2 Å². The molecule has 210 valence electrons. The molecular weight excluding hydrogens is 550 g/mol. The molecule has 0 saturated carbocycles. The van der Waals surface area contributed by atoms with E-state index in [2.05, 4.69) is 138 Å². The molecule has 0 radical (unpaired) electrons. The second-order valence-corrected chi connectivity index (χ2v) is 11.7. The molecule has 0 bridgehead atoms. The standard InChI is InChI=1S/C42H25NO2/c1-2-10-26(11-3-1)27-12-8-13-28(24-27)29-20-22-35-34(25-29)40-36(23-21-33-31-15-5-7-19-39(31)45-42(33)40)43(35)37-17-9-16-32-30-14-4-6-18-38(30)44-41(32)37/h1-25H. The molecule has 0 aliphatic rings. The fourth-order valence-electron chi connectivity index (χ4n) is 7.14. The average molecular weight is 576 g/mol. The number of aromatic nitrogens is 1. The van der Waals surface area contributed by atoms with E-state index in [1.165, 1.54) is 16.7 Å². The molecule has 45 heavy (non-hydrogen) atoms. The zero-order chi connectivity index (χ0) is 29.5. The summed E-state index contributed by atoms with van der Waals surface area (Å²) < 4.78 is 15.5. The lowest BCUT2D eigenvalue weighted by atomic mass is 9.98. The van der Waals surface area contributed by atoms with Crippen LogP contribution < -0.4 is 0 Å². The molecule has 0 amide bonds. The number of fused-ring (bicyclic) bond motifs is 10. The number of hydrogen-bond acceptors (Lipinski definition) is 2. The van der Waals surface area contributed by atoms with Crippen LogP contribution in [-0.4, -0.2) is 4.57 Å². The predicted molar refractivity (Wildman–Crippen MR) is 186 cm³/mol. The van der Waals surface area contributed by atoms with Crippen molar-refractivity contribution in [2.24, 2.45) is 0 Å². The first-order valence-corrected chi connectivity index (χ1v) is 15.3. The maximum absolute atomic E-state index is 6.64. The Hall–Kier alpha value is -6.06. The summed E-state index contributed by atoms with van der Waals surface area (Å²) in [6, 6.07) is 53.6. The SMILES string of the molecule is c1ccc(-c2cccc(-c3ccc4c(c3)c3c5oc6ccccc6c5ccc3n4-c3cccc4c3oc3ccccc34)c2)cc1. The van der Waals surface area contributed by atoms with Gasteiger partial charge < -0.3 is 13.4 Å². The van der Waals surface area contributed by atoms with Crippen molar-refractivity contribution in [3.63, 3.8) is 0 Å². The smallest absolute Gasteiger partial charge is 0.159 e. The summed E-state index contributed by atoms with van der Waals surface area (Å²) in [6.45, 7) is 0. The minimum absolute atomic E-state index is 0.877. The van der Waals surface area contributed by atoms with Gasteiger partial charge in [-0.05, 0) is 70.8 Å². The summed E-state index contributed by atoms with van der Waals surface area (Å²) in [5, 5.41) is 6.72. The second kappa shape index (κ2) is 9.22. The van der Waals surface area contributed by atoms with Crippen LogP contribution in [-0.2, 0) is 0 Å². The van der Waals surface area contributed by atoms with Crippen LogP contribution >= 0.6 is 0 Å². The monoisotopic (exact) mass is 575 g/mol. The van der Waals surface area contributed by atoms with E-state index < -0.39 is 0 Å². The Kier molecular flexibility index (Phi) is 5.00. The zero-order valence-corrected chi connectivity index (χ0v) is 24.2. The summed E-state index contributed by atoms with van der Waals surface area (Å²) in [5.41, 5.74) is 11.5. The van der Waals surface area contributed by atoms with Crippen molar-refractivity contribution < 1.29 is 8.83 Å². The number of hydrogen-bond donors (Lipinski definition) is 0. The van der Waals surface area contributed by atoms with E-state index in [0.29, 0.717) is 0 Å². The summed E-state index contributed by atoms with van der Waals surface area (Å²) in [5.74, 6) is 0. The minimum Gasteiger partial charge on any atom is -0.455 e. The fourth-order valence-corrected chi connectivity index (χ4v) is 7.14. The van der Waals surface area contributed by atoms with Crippen LogP contribution in [0.2, 0.25) is 0 Å². The van der Waals surface area contributed by atoms with E-state index in [9.17, 15) is 0 Å². The first kappa shape index (κ1) is 24.4. The number of rotatable bonds is 3. The Bertz CT molecular complexity index is 2760. The molecule has 0 atom stereocenters. The maximum Gasteiger partial charge on any atom is 0.159 e. The quantitative estimate of drug-likeness (QED) is 0.210. The normalized spacial score (nSPS) is 12.0. The molecule has 0 saturated heterocycles. The Morgan fingerprint density at radius 3 is 1.73 bits per heavy atom. The third-order valence-electron chi connectivity index (χ3n) is 9.20. The van der Waals surface area contributed by atoms with Gasteiger partial charge in [0.1, 0.15) is 16.7 Å². The summed E-state index contributed by atoms with van der Waals surface area (Å²) in [7, 11) is 0. The van der Waals surface area contributed by atoms with Crippen LogP contribution in [0.25, 0.3) is 93.6 Å². The molecule has 0 aliphatic heterocycles. The summed E-state index contributed by atoms with van der Waals surface area (Å²) in [6.07, 6.45) is 0. The van der Waals surface area contributed by atoms with E-state index in [1.807, 2.05) is 18.2 Å². The van der Waals surface area contributed by atoms with E-state index in [-0.39, 0.29) is 0 Å². The van der Waals surface area contributed by atoms with Crippen molar-refractivity contribution in [2.75, 3.05) is 0 Å². The predicted octanol–water partition coefficient (Wildman–Crippen LogP) is 11.9. The molecule has 3 aromatic heterocycles. The van der Waals surface area contributed by atoms with E-state index in [1.54, 1.807) is 0 Å². The van der Waals surface area contributed by atoms with Gasteiger partial charge >= 0.3 is 0 Å². The molecule has 0 aliphatic carbocycles. The maximum atomic E-state index is 6.64. The molecule has 0 N–H and O–H groups in total. The first-order chi connectivity index (χ1) is 22.3. The van der Waals surface area contributed by atoms with Gasteiger partial charge in [0.05, 0.1) is 22.1 Å². The lowest BCUT2D eigenvalue weighted by Gasteiger charge is -2.10. The third-order valence-corrected chi connectivity index (χ3v) is 9.20. The summed E-state index contributed by atoms with van der Waals surface area (Å²) in [4.78, 5) is 0. The molecule has 10 rings (SSSR count). The highest BCUT2D eigenvalue weighted by molar-refractivity contribution is 6.24.